The molecule has 0 saturated carbocycles. The minimum absolute atomic E-state index is 0.0357. The number of ether oxygens (including phenoxy) is 6. The minimum Gasteiger partial charge on any atom is -0.480 e. The number of aliphatic carboxylic acids is 3. The van der Waals surface area contributed by atoms with Crippen molar-refractivity contribution in [3.05, 3.63) is 0 Å². The lowest BCUT2D eigenvalue weighted by atomic mass is 9.94. The van der Waals surface area contributed by atoms with Crippen LogP contribution in [0.4, 0.5) is 0 Å². The van der Waals surface area contributed by atoms with Crippen molar-refractivity contribution in [2.45, 2.75) is 172 Å². The molecule has 2 saturated heterocycles. The highest BCUT2D eigenvalue weighted by molar-refractivity contribution is 5.91. The Morgan fingerprint density at radius 2 is 1.30 bits per heavy atom. The van der Waals surface area contributed by atoms with Crippen LogP contribution in [0.3, 0.4) is 0 Å². The fraction of sp³-hybridized carbons (Fsp3) is 0.769. The van der Waals surface area contributed by atoms with Crippen molar-refractivity contribution in [2.75, 3.05) is 19.8 Å². The molecule has 0 aromatic carbocycles. The van der Waals surface area contributed by atoms with Crippen LogP contribution in [0.1, 0.15) is 80.1 Å². The normalized spacial score (nSPS) is 27.4. The maximum Gasteiger partial charge on any atom is 0.326 e. The van der Waals surface area contributed by atoms with E-state index in [-0.39, 0.29) is 25.9 Å². The zero-order valence-electron chi connectivity index (χ0n) is 37.4. The van der Waals surface area contributed by atoms with Crippen LogP contribution in [0.2, 0.25) is 0 Å². The van der Waals surface area contributed by atoms with Crippen molar-refractivity contribution < 1.29 is 102 Å². The third kappa shape index (κ3) is 17.9. The van der Waals surface area contributed by atoms with Gasteiger partial charge in [0.1, 0.15) is 85.6 Å². The van der Waals surface area contributed by atoms with E-state index in [0.717, 1.165) is 20.8 Å². The Morgan fingerprint density at radius 3 is 1.85 bits per heavy atom. The van der Waals surface area contributed by atoms with E-state index in [1.165, 1.54) is 13.8 Å². The van der Waals surface area contributed by atoms with Gasteiger partial charge in [-0.2, -0.15) is 0 Å². The number of carbonyl (C=O) groups is 9. The van der Waals surface area contributed by atoms with Gasteiger partial charge in [-0.3, -0.25) is 33.6 Å². The number of amides is 5. The molecule has 0 aromatic heterocycles. The smallest absolute Gasteiger partial charge is 0.326 e. The molecule has 0 radical (unpaired) electrons. The Balaban J connectivity index is 2.35. The van der Waals surface area contributed by atoms with Crippen LogP contribution in [0, 0.1) is 0 Å². The summed E-state index contributed by atoms with van der Waals surface area (Å²) in [4.78, 5) is 111. The van der Waals surface area contributed by atoms with E-state index in [9.17, 15) is 68.7 Å². The van der Waals surface area contributed by atoms with Crippen molar-refractivity contribution in [1.29, 1.82) is 0 Å². The molecule has 27 nitrogen and oxygen atoms in total. The third-order valence-electron chi connectivity index (χ3n) is 10.2. The zero-order chi connectivity index (χ0) is 50.0. The fourth-order valence-corrected chi connectivity index (χ4v) is 6.78. The number of esters is 1. The van der Waals surface area contributed by atoms with Crippen LogP contribution in [0.15, 0.2) is 0 Å². The highest BCUT2D eigenvalue weighted by Gasteiger charge is 2.54. The van der Waals surface area contributed by atoms with Gasteiger partial charge in [0, 0.05) is 33.8 Å². The van der Waals surface area contributed by atoms with Gasteiger partial charge in [0.05, 0.1) is 6.61 Å². The summed E-state index contributed by atoms with van der Waals surface area (Å²) < 4.78 is 35.6. The van der Waals surface area contributed by atoms with E-state index in [4.69, 9.17) is 39.3 Å². The van der Waals surface area contributed by atoms with Crippen molar-refractivity contribution in [3.63, 3.8) is 0 Å². The van der Waals surface area contributed by atoms with Crippen LogP contribution in [-0.4, -0.2) is 195 Å². The molecule has 27 heteroatoms. The van der Waals surface area contributed by atoms with Gasteiger partial charge in [0.15, 0.2) is 12.6 Å². The van der Waals surface area contributed by atoms with E-state index in [0.29, 0.717) is 6.42 Å². The largest absolute Gasteiger partial charge is 0.480 e. The number of rotatable bonds is 27. The lowest BCUT2D eigenvalue weighted by molar-refractivity contribution is -0.337. The quantitative estimate of drug-likeness (QED) is 0.0344. The van der Waals surface area contributed by atoms with Gasteiger partial charge < -0.3 is 91.4 Å². The number of carbonyl (C=O) groups excluding carboxylic acids is 6. The van der Waals surface area contributed by atoms with Gasteiger partial charge in [-0.05, 0) is 46.0 Å². The number of hydrogen-bond acceptors (Lipinski definition) is 19. The highest BCUT2D eigenvalue weighted by Crippen LogP contribution is 2.32. The number of carboxylic acid groups (broad SMARTS) is 3. The van der Waals surface area contributed by atoms with Gasteiger partial charge in [-0.25, -0.2) is 9.59 Å². The van der Waals surface area contributed by atoms with E-state index in [2.05, 4.69) is 26.6 Å². The first kappa shape index (κ1) is 57.0. The molecule has 0 bridgehead atoms. The van der Waals surface area contributed by atoms with Crippen molar-refractivity contribution in [1.82, 2.24) is 26.6 Å². The van der Waals surface area contributed by atoms with Gasteiger partial charge >= 0.3 is 23.9 Å². The van der Waals surface area contributed by atoms with E-state index < -0.39 is 171 Å². The number of carboxylic acids is 3. The number of nitrogens with two attached hydrogens (primary N) is 1. The molecule has 0 aliphatic carbocycles. The van der Waals surface area contributed by atoms with E-state index in [1.54, 1.807) is 6.92 Å². The van der Waals surface area contributed by atoms with Gasteiger partial charge in [-0.1, -0.05) is 6.92 Å². The van der Waals surface area contributed by atoms with Crippen LogP contribution in [0.25, 0.3) is 0 Å². The topological polar surface area (TPSA) is 417 Å². The summed E-state index contributed by atoms with van der Waals surface area (Å²) in [6, 6.07) is -8.68. The molecular weight excluding hydrogens is 888 g/mol. The Hall–Kier alpha value is -5.13. The molecule has 2 aliphatic rings. The fourth-order valence-electron chi connectivity index (χ4n) is 6.78. The summed E-state index contributed by atoms with van der Waals surface area (Å²) in [5.41, 5.74) is 5.43. The highest BCUT2D eigenvalue weighted by atomic mass is 16.7. The molecule has 0 spiro atoms. The molecule has 0 aromatic rings. The molecule has 376 valence electrons. The number of nitrogens with one attached hydrogen (secondary N) is 5. The maximum atomic E-state index is 13.7. The summed E-state index contributed by atoms with van der Waals surface area (Å²) in [7, 11) is 0. The number of hydrogen-bond donors (Lipinski definition) is 12. The molecule has 2 aliphatic heterocycles. The van der Waals surface area contributed by atoms with Gasteiger partial charge in [0.2, 0.25) is 29.5 Å². The molecule has 66 heavy (non-hydrogen) atoms. The SMILES string of the molecule is CCCO[C@H]1O[C@H](COC(C)=O)[C@@H](O[C@@H]2O[C@H](CO)[C@@H](O)[C@H](O)[C@H]2NC(C)=O)[C@H](O[C@H](C)C(=O)N[C@@H](C)C(=O)N[C@H](CCC(=O)N[C@@H](CCC[C@@H](N)C(=O)O)C(=O)O)C(=O)O)[C@H]1NC(C)=O. The Labute approximate surface area is 379 Å². The molecule has 2 heterocycles. The Morgan fingerprint density at radius 1 is 0.712 bits per heavy atom. The third-order valence-corrected chi connectivity index (χ3v) is 10.2. The van der Waals surface area contributed by atoms with Crippen LogP contribution < -0.4 is 32.3 Å². The van der Waals surface area contributed by atoms with Gasteiger partial charge in [0.25, 0.3) is 0 Å². The molecule has 15 atom stereocenters. The zero-order valence-corrected chi connectivity index (χ0v) is 37.4. The van der Waals surface area contributed by atoms with Gasteiger partial charge in [-0.15, -0.1) is 0 Å². The predicted octanol–water partition coefficient (Wildman–Crippen LogP) is -4.69. The molecule has 5 amide bonds. The molecular formula is C39H64N6O21. The van der Waals surface area contributed by atoms with E-state index in [1.807, 2.05) is 0 Å². The molecule has 0 unspecified atom stereocenters. The van der Waals surface area contributed by atoms with Crippen molar-refractivity contribution in [3.8, 4) is 0 Å². The van der Waals surface area contributed by atoms with Crippen LogP contribution >= 0.6 is 0 Å². The van der Waals surface area contributed by atoms with Crippen molar-refractivity contribution in [2.24, 2.45) is 5.73 Å². The maximum absolute atomic E-state index is 13.7. The first-order valence-electron chi connectivity index (χ1n) is 21.1. The average molecular weight is 953 g/mol. The summed E-state index contributed by atoms with van der Waals surface area (Å²) in [5.74, 6) is -9.28. The summed E-state index contributed by atoms with van der Waals surface area (Å²) >= 11 is 0. The molecule has 13 N–H and O–H groups in total. The standard InChI is InChI=1S/C39H64N6O21/c1-7-13-61-38-28(43-19(5)48)32(31(25(65-38)15-62-20(6)49)66-39-27(42-18(4)47)30(52)29(51)24(14-46)64-39)63-17(3)34(54)41-16(2)33(53)45-23(37(59)60)11-12-26(50)44-22(36(57)58)10-8-9-21(40)35(55)56/h16-17,21-25,27-32,38-39,46,51-52H,7-15,40H2,1-6H3,(H,41,54)(H,42,47)(H,43,48)(H,44,50)(H,45,53)(H,55,56)(H,57,58)(H,59,60)/t16-,17+,21+,22-,23+,24+,25+,27+,28+,29+,30+,31+,32+,38-,39-/m0/s1. The minimum atomic E-state index is -1.78. The second-order valence-corrected chi connectivity index (χ2v) is 15.7. The Kier molecular flexibility index (Phi) is 23.7. The molecule has 2 rings (SSSR count). The lowest BCUT2D eigenvalue weighted by Gasteiger charge is -2.49. The first-order valence-corrected chi connectivity index (χ1v) is 21.1. The monoisotopic (exact) mass is 952 g/mol. The predicted molar refractivity (Wildman–Crippen MR) is 219 cm³/mol. The lowest BCUT2D eigenvalue weighted by Crippen LogP contribution is -2.70. The summed E-state index contributed by atoms with van der Waals surface area (Å²) in [6.07, 6.45) is -14.9. The second kappa shape index (κ2) is 27.5. The summed E-state index contributed by atoms with van der Waals surface area (Å²) in [6.45, 7) is 6.26. The van der Waals surface area contributed by atoms with Crippen molar-refractivity contribution >= 4 is 53.4 Å². The molecule has 2 fully saturated rings. The number of aliphatic hydroxyl groups excluding tert-OH is 3. The first-order chi connectivity index (χ1) is 30.9. The average Bonchev–Trinajstić information content (AvgIpc) is 3.23. The number of aliphatic hydroxyl groups is 3. The summed E-state index contributed by atoms with van der Waals surface area (Å²) in [5, 5.41) is 71.5. The van der Waals surface area contributed by atoms with Crippen LogP contribution in [-0.2, 0) is 71.6 Å². The van der Waals surface area contributed by atoms with E-state index >= 15 is 0 Å². The second-order valence-electron chi connectivity index (χ2n) is 15.7. The Bertz CT molecular complexity index is 1690. The van der Waals surface area contributed by atoms with Crippen LogP contribution in [0.5, 0.6) is 0 Å².